The van der Waals surface area contributed by atoms with E-state index in [0.29, 0.717) is 12.8 Å². The Morgan fingerprint density at radius 3 is 2.33 bits per heavy atom. The van der Waals surface area contributed by atoms with Crippen LogP contribution in [0.4, 0.5) is 0 Å². The Labute approximate surface area is 122 Å². The number of imide groups is 1. The van der Waals surface area contributed by atoms with Crippen LogP contribution in [0, 0.1) is 5.41 Å². The molecule has 0 aromatic carbocycles. The van der Waals surface area contributed by atoms with Crippen molar-refractivity contribution in [2.75, 3.05) is 13.1 Å². The van der Waals surface area contributed by atoms with Gasteiger partial charge in [0.05, 0.1) is 5.41 Å². The molecule has 7 heteroatoms. The number of amides is 3. The molecule has 1 saturated heterocycles. The monoisotopic (exact) mass is 296 g/mol. The molecule has 2 aliphatic rings. The van der Waals surface area contributed by atoms with Crippen molar-refractivity contribution in [1.29, 1.82) is 0 Å². The van der Waals surface area contributed by atoms with E-state index in [1.165, 1.54) is 0 Å². The van der Waals surface area contributed by atoms with Crippen LogP contribution in [-0.4, -0.2) is 46.8 Å². The average Bonchev–Trinajstić information content (AvgIpc) is 2.62. The van der Waals surface area contributed by atoms with Gasteiger partial charge in [-0.2, -0.15) is 0 Å². The zero-order valence-corrected chi connectivity index (χ0v) is 11.9. The number of nitrogens with one attached hydrogen (secondary N) is 1. The molecule has 7 nitrogen and oxygen atoms in total. The Morgan fingerprint density at radius 2 is 1.76 bits per heavy atom. The van der Waals surface area contributed by atoms with E-state index < -0.39 is 23.8 Å². The smallest absolute Gasteiger partial charge is 0.322 e. The van der Waals surface area contributed by atoms with Crippen LogP contribution < -0.4 is 5.32 Å². The number of aliphatic carboxylic acids is 1. The van der Waals surface area contributed by atoms with Crippen molar-refractivity contribution < 1.29 is 24.3 Å². The van der Waals surface area contributed by atoms with E-state index in [-0.39, 0.29) is 24.8 Å². The third-order valence-corrected chi connectivity index (χ3v) is 4.29. The summed E-state index contributed by atoms with van der Waals surface area (Å²) in [7, 11) is 0. The fourth-order valence-electron chi connectivity index (χ4n) is 3.19. The van der Waals surface area contributed by atoms with E-state index in [1.54, 1.807) is 0 Å². The molecule has 0 atom stereocenters. The number of carboxylic acids is 1. The Balaban J connectivity index is 2.01. The Morgan fingerprint density at radius 1 is 1.14 bits per heavy atom. The van der Waals surface area contributed by atoms with Crippen molar-refractivity contribution in [2.24, 2.45) is 5.41 Å². The highest BCUT2D eigenvalue weighted by molar-refractivity contribution is 6.08. The van der Waals surface area contributed by atoms with Gasteiger partial charge in [0, 0.05) is 6.42 Å². The number of carboxylic acid groups (broad SMARTS) is 1. The second-order valence-corrected chi connectivity index (χ2v) is 5.83. The molecule has 2 fully saturated rings. The van der Waals surface area contributed by atoms with Gasteiger partial charge < -0.3 is 10.4 Å². The van der Waals surface area contributed by atoms with Gasteiger partial charge in [-0.3, -0.25) is 24.1 Å². The molecular weight excluding hydrogens is 276 g/mol. The second-order valence-electron chi connectivity index (χ2n) is 5.83. The van der Waals surface area contributed by atoms with Gasteiger partial charge in [0.2, 0.25) is 17.7 Å². The molecule has 0 unspecified atom stereocenters. The quantitative estimate of drug-likeness (QED) is 0.725. The summed E-state index contributed by atoms with van der Waals surface area (Å²) in [6.07, 6.45) is 5.58. The van der Waals surface area contributed by atoms with Crippen LogP contribution in [0.3, 0.4) is 0 Å². The van der Waals surface area contributed by atoms with Crippen molar-refractivity contribution in [3.8, 4) is 0 Å². The molecule has 2 rings (SSSR count). The van der Waals surface area contributed by atoms with Crippen LogP contribution in [-0.2, 0) is 19.2 Å². The molecule has 1 aliphatic carbocycles. The zero-order valence-electron chi connectivity index (χ0n) is 11.9. The summed E-state index contributed by atoms with van der Waals surface area (Å²) in [5, 5.41) is 10.7. The number of carbonyl (C=O) groups is 4. The highest BCUT2D eigenvalue weighted by Gasteiger charge is 2.51. The molecule has 116 valence electrons. The third kappa shape index (κ3) is 3.40. The largest absolute Gasteiger partial charge is 0.480 e. The Kier molecular flexibility index (Phi) is 4.59. The normalized spacial score (nSPS) is 21.4. The molecule has 0 bridgehead atoms. The number of hydrogen-bond donors (Lipinski definition) is 2. The average molecular weight is 296 g/mol. The molecule has 1 saturated carbocycles. The first-order valence-corrected chi connectivity index (χ1v) is 7.28. The molecule has 1 heterocycles. The molecule has 0 aromatic heterocycles. The summed E-state index contributed by atoms with van der Waals surface area (Å²) in [6.45, 7) is -0.896. The minimum atomic E-state index is -1.16. The number of carbonyl (C=O) groups excluding carboxylic acids is 3. The van der Waals surface area contributed by atoms with E-state index in [0.717, 1.165) is 30.6 Å². The molecule has 2 N–H and O–H groups in total. The van der Waals surface area contributed by atoms with Gasteiger partial charge in [0.1, 0.15) is 13.1 Å². The Hall–Kier alpha value is -1.92. The molecule has 0 radical (unpaired) electrons. The first kappa shape index (κ1) is 15.5. The summed E-state index contributed by atoms with van der Waals surface area (Å²) < 4.78 is 0. The summed E-state index contributed by atoms with van der Waals surface area (Å²) in [5.41, 5.74) is -0.624. The maximum Gasteiger partial charge on any atom is 0.322 e. The minimum Gasteiger partial charge on any atom is -0.480 e. The lowest BCUT2D eigenvalue weighted by Crippen LogP contribution is -2.43. The van der Waals surface area contributed by atoms with Crippen molar-refractivity contribution >= 4 is 23.7 Å². The van der Waals surface area contributed by atoms with E-state index >= 15 is 0 Å². The van der Waals surface area contributed by atoms with Crippen LogP contribution in [0.1, 0.15) is 44.9 Å². The predicted molar refractivity (Wildman–Crippen MR) is 72.1 cm³/mol. The zero-order chi connectivity index (χ0) is 15.5. The number of rotatable bonds is 4. The van der Waals surface area contributed by atoms with Crippen LogP contribution >= 0.6 is 0 Å². The predicted octanol–water partition coefficient (Wildman–Crippen LogP) is 0.287. The first-order chi connectivity index (χ1) is 9.94. The maximum atomic E-state index is 12.5. The molecule has 0 aromatic rings. The van der Waals surface area contributed by atoms with Gasteiger partial charge >= 0.3 is 5.97 Å². The standard InChI is InChI=1S/C14H20N2O5/c17-10(15-8-12(19)20)9-16-11(18)7-14(13(16)21)5-3-1-2-4-6-14/h1-9H2,(H,15,17)(H,19,20). The number of hydrogen-bond acceptors (Lipinski definition) is 4. The van der Waals surface area contributed by atoms with Crippen molar-refractivity contribution in [3.63, 3.8) is 0 Å². The van der Waals surface area contributed by atoms with Crippen LogP contribution in [0.25, 0.3) is 0 Å². The number of nitrogens with zero attached hydrogens (tertiary/aromatic N) is 1. The minimum absolute atomic E-state index is 0.179. The lowest BCUT2D eigenvalue weighted by molar-refractivity contribution is -0.145. The molecule has 3 amide bonds. The van der Waals surface area contributed by atoms with E-state index in [2.05, 4.69) is 5.32 Å². The number of likely N-dealkylation sites (tertiary alicyclic amines) is 1. The Bertz CT molecular complexity index is 466. The van der Waals surface area contributed by atoms with Crippen molar-refractivity contribution in [3.05, 3.63) is 0 Å². The van der Waals surface area contributed by atoms with Gasteiger partial charge in [0.25, 0.3) is 0 Å². The fraction of sp³-hybridized carbons (Fsp3) is 0.714. The second kappa shape index (κ2) is 6.24. The SMILES string of the molecule is O=C(O)CNC(=O)CN1C(=O)CC2(CCCCCC2)C1=O. The topological polar surface area (TPSA) is 104 Å². The fourth-order valence-corrected chi connectivity index (χ4v) is 3.19. The van der Waals surface area contributed by atoms with Crippen LogP contribution in [0.5, 0.6) is 0 Å². The summed E-state index contributed by atoms with van der Waals surface area (Å²) in [4.78, 5) is 47.6. The van der Waals surface area contributed by atoms with Gasteiger partial charge in [-0.05, 0) is 12.8 Å². The van der Waals surface area contributed by atoms with E-state index in [4.69, 9.17) is 5.11 Å². The first-order valence-electron chi connectivity index (χ1n) is 7.28. The summed E-state index contributed by atoms with van der Waals surface area (Å²) in [6, 6.07) is 0. The molecule has 21 heavy (non-hydrogen) atoms. The van der Waals surface area contributed by atoms with E-state index in [9.17, 15) is 19.2 Å². The van der Waals surface area contributed by atoms with Gasteiger partial charge in [-0.15, -0.1) is 0 Å². The van der Waals surface area contributed by atoms with Crippen LogP contribution in [0.2, 0.25) is 0 Å². The molecular formula is C14H20N2O5. The van der Waals surface area contributed by atoms with Crippen molar-refractivity contribution in [2.45, 2.75) is 44.9 Å². The van der Waals surface area contributed by atoms with Crippen molar-refractivity contribution in [1.82, 2.24) is 10.2 Å². The van der Waals surface area contributed by atoms with Crippen LogP contribution in [0.15, 0.2) is 0 Å². The summed E-state index contributed by atoms with van der Waals surface area (Å²) >= 11 is 0. The lowest BCUT2D eigenvalue weighted by atomic mass is 9.79. The van der Waals surface area contributed by atoms with E-state index in [1.807, 2.05) is 0 Å². The maximum absolute atomic E-state index is 12.5. The molecule has 1 spiro atoms. The van der Waals surface area contributed by atoms with Gasteiger partial charge in [0.15, 0.2) is 0 Å². The molecule has 1 aliphatic heterocycles. The van der Waals surface area contributed by atoms with Gasteiger partial charge in [-0.1, -0.05) is 25.7 Å². The third-order valence-electron chi connectivity index (χ3n) is 4.29. The summed E-state index contributed by atoms with van der Waals surface area (Å²) in [5.74, 6) is -2.38. The highest BCUT2D eigenvalue weighted by Crippen LogP contribution is 2.44. The highest BCUT2D eigenvalue weighted by atomic mass is 16.4. The van der Waals surface area contributed by atoms with Gasteiger partial charge in [-0.25, -0.2) is 0 Å². The lowest BCUT2D eigenvalue weighted by Gasteiger charge is -2.24.